The van der Waals surface area contributed by atoms with Gasteiger partial charge in [-0.1, -0.05) is 18.2 Å². The lowest BCUT2D eigenvalue weighted by Crippen LogP contribution is -2.41. The molecule has 0 unspecified atom stereocenters. The fourth-order valence-electron chi connectivity index (χ4n) is 2.84. The molecule has 1 aromatic heterocycles. The van der Waals surface area contributed by atoms with Gasteiger partial charge in [0.2, 0.25) is 5.91 Å². The largest absolute Gasteiger partial charge is 0.456 e. The predicted molar refractivity (Wildman–Crippen MR) is 91.8 cm³/mol. The van der Waals surface area contributed by atoms with Crippen molar-refractivity contribution in [3.8, 4) is 0 Å². The van der Waals surface area contributed by atoms with E-state index < -0.39 is 0 Å². The Balaban J connectivity index is 1.52. The molecule has 5 heteroatoms. The molecule has 23 heavy (non-hydrogen) atoms. The number of rotatable bonds is 3. The normalized spacial score (nSPS) is 15.4. The summed E-state index contributed by atoms with van der Waals surface area (Å²) >= 11 is 1.58. The second-order valence-electron chi connectivity index (χ2n) is 5.54. The molecule has 4 rings (SSSR count). The van der Waals surface area contributed by atoms with Crippen molar-refractivity contribution in [1.82, 2.24) is 4.90 Å². The van der Waals surface area contributed by atoms with Crippen LogP contribution < -0.4 is 0 Å². The van der Waals surface area contributed by atoms with Crippen LogP contribution in [-0.4, -0.2) is 42.9 Å². The Bertz CT molecular complexity index is 852. The summed E-state index contributed by atoms with van der Waals surface area (Å²) in [4.78, 5) is 15.2. The molecule has 3 aromatic rings. The summed E-state index contributed by atoms with van der Waals surface area (Å²) in [5, 5.41) is 2.22. The minimum Gasteiger partial charge on any atom is -0.456 e. The van der Waals surface area contributed by atoms with Gasteiger partial charge in [-0.25, -0.2) is 0 Å². The number of carbonyl (C=O) groups is 1. The number of furan rings is 1. The van der Waals surface area contributed by atoms with Gasteiger partial charge in [0.05, 0.1) is 19.0 Å². The number of carbonyl (C=O) groups excluding carboxylic acids is 1. The number of hydrogen-bond donors (Lipinski definition) is 0. The van der Waals surface area contributed by atoms with E-state index >= 15 is 0 Å². The molecule has 1 aliphatic heterocycles. The first kappa shape index (κ1) is 14.6. The van der Waals surface area contributed by atoms with Crippen molar-refractivity contribution < 1.29 is 13.9 Å². The third-order valence-electron chi connectivity index (χ3n) is 4.07. The van der Waals surface area contributed by atoms with Crippen LogP contribution in [0, 0.1) is 0 Å². The minimum atomic E-state index is 0.176. The number of fused-ring (bicyclic) bond motifs is 3. The topological polar surface area (TPSA) is 42.7 Å². The van der Waals surface area contributed by atoms with Gasteiger partial charge in [0.15, 0.2) is 0 Å². The molecule has 1 aliphatic rings. The summed E-state index contributed by atoms with van der Waals surface area (Å²) in [5.74, 6) is 0.636. The molecule has 2 aromatic carbocycles. The van der Waals surface area contributed by atoms with E-state index in [1.165, 1.54) is 0 Å². The van der Waals surface area contributed by atoms with Crippen LogP contribution in [0.25, 0.3) is 21.9 Å². The summed E-state index contributed by atoms with van der Waals surface area (Å²) in [6.45, 7) is 2.68. The summed E-state index contributed by atoms with van der Waals surface area (Å²) in [6.07, 6.45) is 0. The molecule has 0 atom stereocenters. The minimum absolute atomic E-state index is 0.176. The molecule has 0 aliphatic carbocycles. The van der Waals surface area contributed by atoms with Crippen LogP contribution in [0.1, 0.15) is 0 Å². The average Bonchev–Trinajstić information content (AvgIpc) is 2.98. The second-order valence-corrected chi connectivity index (χ2v) is 6.59. The summed E-state index contributed by atoms with van der Waals surface area (Å²) in [6, 6.07) is 14.1. The summed E-state index contributed by atoms with van der Waals surface area (Å²) in [5.41, 5.74) is 1.78. The molecule has 0 saturated carbocycles. The van der Waals surface area contributed by atoms with Gasteiger partial charge in [0.1, 0.15) is 11.2 Å². The van der Waals surface area contributed by atoms with E-state index in [0.717, 1.165) is 26.8 Å². The number of nitrogens with zero attached hydrogens (tertiary/aromatic N) is 1. The van der Waals surface area contributed by atoms with Crippen molar-refractivity contribution in [2.24, 2.45) is 0 Å². The Labute approximate surface area is 138 Å². The molecular weight excluding hydrogens is 310 g/mol. The predicted octanol–water partition coefficient (Wildman–Crippen LogP) is 3.54. The van der Waals surface area contributed by atoms with E-state index in [4.69, 9.17) is 9.15 Å². The van der Waals surface area contributed by atoms with Crippen molar-refractivity contribution in [1.29, 1.82) is 0 Å². The van der Waals surface area contributed by atoms with E-state index in [-0.39, 0.29) is 5.91 Å². The van der Waals surface area contributed by atoms with Crippen molar-refractivity contribution in [2.45, 2.75) is 4.90 Å². The number of amides is 1. The fourth-order valence-corrected chi connectivity index (χ4v) is 3.68. The number of para-hydroxylation sites is 1. The van der Waals surface area contributed by atoms with Crippen LogP contribution in [0.2, 0.25) is 0 Å². The third kappa shape index (κ3) is 2.94. The molecule has 0 radical (unpaired) electrons. The number of thioether (sulfide) groups is 1. The molecule has 2 heterocycles. The zero-order valence-electron chi connectivity index (χ0n) is 12.7. The van der Waals surface area contributed by atoms with Gasteiger partial charge in [-0.3, -0.25) is 4.79 Å². The molecule has 1 fully saturated rings. The maximum absolute atomic E-state index is 12.2. The Morgan fingerprint density at radius 2 is 1.83 bits per heavy atom. The fraction of sp³-hybridized carbons (Fsp3) is 0.278. The lowest BCUT2D eigenvalue weighted by Gasteiger charge is -2.26. The van der Waals surface area contributed by atoms with Crippen molar-refractivity contribution in [2.75, 3.05) is 32.1 Å². The first-order valence-corrected chi connectivity index (χ1v) is 8.69. The van der Waals surface area contributed by atoms with Gasteiger partial charge in [0.25, 0.3) is 0 Å². The zero-order valence-corrected chi connectivity index (χ0v) is 13.5. The smallest absolute Gasteiger partial charge is 0.233 e. The first-order chi connectivity index (χ1) is 11.3. The van der Waals surface area contributed by atoms with Gasteiger partial charge in [-0.15, -0.1) is 11.8 Å². The van der Waals surface area contributed by atoms with Crippen LogP contribution in [0.3, 0.4) is 0 Å². The highest BCUT2D eigenvalue weighted by Crippen LogP contribution is 2.31. The van der Waals surface area contributed by atoms with Crippen molar-refractivity contribution in [3.63, 3.8) is 0 Å². The van der Waals surface area contributed by atoms with E-state index in [1.807, 2.05) is 35.2 Å². The van der Waals surface area contributed by atoms with Gasteiger partial charge in [-0.05, 0) is 24.3 Å². The van der Waals surface area contributed by atoms with Crippen LogP contribution >= 0.6 is 11.8 Å². The van der Waals surface area contributed by atoms with Crippen molar-refractivity contribution in [3.05, 3.63) is 42.5 Å². The highest BCUT2D eigenvalue weighted by molar-refractivity contribution is 8.00. The molecule has 0 spiro atoms. The first-order valence-electron chi connectivity index (χ1n) is 7.71. The Kier molecular flexibility index (Phi) is 3.97. The lowest BCUT2D eigenvalue weighted by atomic mass is 10.1. The lowest BCUT2D eigenvalue weighted by molar-refractivity contribution is -0.132. The second kappa shape index (κ2) is 6.26. The van der Waals surface area contributed by atoms with Gasteiger partial charge in [-0.2, -0.15) is 0 Å². The zero-order chi connectivity index (χ0) is 15.6. The molecular formula is C18H17NO3S. The van der Waals surface area contributed by atoms with E-state index in [1.54, 1.807) is 11.8 Å². The molecule has 0 N–H and O–H groups in total. The number of morpholine rings is 1. The summed E-state index contributed by atoms with van der Waals surface area (Å²) < 4.78 is 11.1. The third-order valence-corrected chi connectivity index (χ3v) is 5.05. The Hall–Kier alpha value is -1.98. The van der Waals surface area contributed by atoms with Crippen LogP contribution in [0.4, 0.5) is 0 Å². The number of hydrogen-bond acceptors (Lipinski definition) is 4. The maximum Gasteiger partial charge on any atom is 0.233 e. The number of benzene rings is 2. The Morgan fingerprint density at radius 1 is 1.04 bits per heavy atom. The van der Waals surface area contributed by atoms with Crippen LogP contribution in [-0.2, 0) is 9.53 Å². The molecule has 1 amide bonds. The highest BCUT2D eigenvalue weighted by Gasteiger charge is 2.17. The number of ether oxygens (including phenoxy) is 1. The standard InChI is InChI=1S/C18H17NO3S/c20-18(19-7-9-21-10-8-19)12-23-13-5-6-17-15(11-13)14-3-1-2-4-16(14)22-17/h1-6,11H,7-10,12H2. The Morgan fingerprint density at radius 3 is 2.70 bits per heavy atom. The van der Waals surface area contributed by atoms with Crippen molar-refractivity contribution >= 4 is 39.6 Å². The van der Waals surface area contributed by atoms with Crippen LogP contribution in [0.5, 0.6) is 0 Å². The maximum atomic E-state index is 12.2. The van der Waals surface area contributed by atoms with Gasteiger partial charge >= 0.3 is 0 Å². The van der Waals surface area contributed by atoms with Crippen LogP contribution in [0.15, 0.2) is 51.8 Å². The monoisotopic (exact) mass is 327 g/mol. The van der Waals surface area contributed by atoms with E-state index in [0.29, 0.717) is 32.1 Å². The molecule has 118 valence electrons. The highest BCUT2D eigenvalue weighted by atomic mass is 32.2. The quantitative estimate of drug-likeness (QED) is 0.690. The molecule has 1 saturated heterocycles. The molecule has 0 bridgehead atoms. The SMILES string of the molecule is O=C(CSc1ccc2oc3ccccc3c2c1)N1CCOCC1. The average molecular weight is 327 g/mol. The van der Waals surface area contributed by atoms with E-state index in [9.17, 15) is 4.79 Å². The van der Waals surface area contributed by atoms with E-state index in [2.05, 4.69) is 12.1 Å². The molecule has 4 nitrogen and oxygen atoms in total. The summed E-state index contributed by atoms with van der Waals surface area (Å²) in [7, 11) is 0. The van der Waals surface area contributed by atoms with Gasteiger partial charge < -0.3 is 14.1 Å². The van der Waals surface area contributed by atoms with Gasteiger partial charge in [0, 0.05) is 28.8 Å².